The first-order chi connectivity index (χ1) is 36.6. The predicted octanol–water partition coefficient (Wildman–Crippen LogP) is 13.8. The minimum atomic E-state index is -1.15. The molecule has 0 atom stereocenters. The highest BCUT2D eigenvalue weighted by atomic mass is 16.3. The van der Waals surface area contributed by atoms with Crippen molar-refractivity contribution in [1.82, 2.24) is 0 Å². The molecular weight excluding hydrogens is 961 g/mol. The third-order valence-electron chi connectivity index (χ3n) is 15.5. The maximum Gasteiger partial charge on any atom is 0.122 e. The fourth-order valence-corrected chi connectivity index (χ4v) is 10.7. The molecule has 0 saturated carbocycles. The van der Waals surface area contributed by atoms with Gasteiger partial charge in [0, 0.05) is 43.9 Å². The van der Waals surface area contributed by atoms with Crippen LogP contribution >= 0.6 is 0 Å². The molecule has 0 fully saturated rings. The first-order valence-corrected chi connectivity index (χ1v) is 25.9. The van der Waals surface area contributed by atoms with Gasteiger partial charge in [-0.3, -0.25) is 0 Å². The van der Waals surface area contributed by atoms with Crippen LogP contribution in [0.3, 0.4) is 0 Å². The first-order valence-electron chi connectivity index (χ1n) is 25.9. The summed E-state index contributed by atoms with van der Waals surface area (Å²) in [4.78, 5) is 0. The van der Waals surface area contributed by atoms with E-state index in [1.54, 1.807) is 36.4 Å². The predicted molar refractivity (Wildman–Crippen MR) is 304 cm³/mol. The summed E-state index contributed by atoms with van der Waals surface area (Å²) >= 11 is 0. The van der Waals surface area contributed by atoms with E-state index in [0.29, 0.717) is 105 Å². The Morgan fingerprint density at radius 2 is 0.403 bits per heavy atom. The van der Waals surface area contributed by atoms with Gasteiger partial charge in [0.15, 0.2) is 0 Å². The van der Waals surface area contributed by atoms with E-state index in [2.05, 4.69) is 6.92 Å². The monoisotopic (exact) mass is 1030 g/mol. The molecule has 9 aromatic rings. The topological polar surface area (TPSA) is 182 Å². The second-order valence-corrected chi connectivity index (χ2v) is 21.3. The third-order valence-corrected chi connectivity index (χ3v) is 15.5. The Morgan fingerprint density at radius 3 is 0.545 bits per heavy atom. The molecule has 9 nitrogen and oxygen atoms in total. The lowest BCUT2D eigenvalue weighted by molar-refractivity contribution is 0.461. The van der Waals surface area contributed by atoms with Gasteiger partial charge in [0.1, 0.15) is 51.7 Å². The van der Waals surface area contributed by atoms with Crippen molar-refractivity contribution in [2.75, 3.05) is 0 Å². The first kappa shape index (κ1) is 53.0. The van der Waals surface area contributed by atoms with Gasteiger partial charge in [0.2, 0.25) is 0 Å². The van der Waals surface area contributed by atoms with Gasteiger partial charge < -0.3 is 46.0 Å². The molecule has 0 aromatic heterocycles. The van der Waals surface area contributed by atoms with Crippen LogP contribution in [0.4, 0.5) is 0 Å². The Labute approximate surface area is 450 Å². The number of hydrogen-bond donors (Lipinski definition) is 9. The van der Waals surface area contributed by atoms with Gasteiger partial charge in [0.25, 0.3) is 0 Å². The highest BCUT2D eigenvalue weighted by Crippen LogP contribution is 2.47. The second-order valence-electron chi connectivity index (χ2n) is 21.3. The zero-order chi connectivity index (χ0) is 55.0. The average molecular weight is 1030 g/mol. The van der Waals surface area contributed by atoms with Gasteiger partial charge in [-0.15, -0.1) is 0 Å². The Bertz CT molecular complexity index is 3130. The van der Waals surface area contributed by atoms with E-state index in [4.69, 9.17) is 0 Å². The Hall–Kier alpha value is -8.82. The number of phenols is 9. The molecule has 9 aromatic carbocycles. The van der Waals surface area contributed by atoms with E-state index in [9.17, 15) is 46.0 Å². The van der Waals surface area contributed by atoms with Crippen molar-refractivity contribution >= 4 is 0 Å². The van der Waals surface area contributed by atoms with Crippen LogP contribution < -0.4 is 0 Å². The van der Waals surface area contributed by atoms with Crippen LogP contribution in [0.15, 0.2) is 146 Å². The van der Waals surface area contributed by atoms with Crippen molar-refractivity contribution in [3.63, 3.8) is 0 Å². The molecule has 392 valence electrons. The van der Waals surface area contributed by atoms with Gasteiger partial charge in [-0.25, -0.2) is 0 Å². The summed E-state index contributed by atoms with van der Waals surface area (Å²) in [7, 11) is 0. The van der Waals surface area contributed by atoms with E-state index in [1.165, 1.54) is 0 Å². The lowest BCUT2D eigenvalue weighted by Gasteiger charge is -2.35. The van der Waals surface area contributed by atoms with Crippen molar-refractivity contribution in [1.29, 1.82) is 0 Å². The van der Waals surface area contributed by atoms with E-state index >= 15 is 0 Å². The molecule has 0 aliphatic rings. The third kappa shape index (κ3) is 11.3. The number of hydrogen-bond acceptors (Lipinski definition) is 9. The summed E-state index contributed by atoms with van der Waals surface area (Å²) in [5.41, 5.74) is 14.3. The minimum absolute atomic E-state index is 0.0996. The fourth-order valence-electron chi connectivity index (χ4n) is 10.7. The van der Waals surface area contributed by atoms with Crippen LogP contribution in [0.25, 0.3) is 0 Å². The van der Waals surface area contributed by atoms with E-state index in [1.807, 2.05) is 151 Å². The van der Waals surface area contributed by atoms with Gasteiger partial charge in [-0.05, 0) is 202 Å². The molecule has 0 spiro atoms. The van der Waals surface area contributed by atoms with Crippen molar-refractivity contribution < 1.29 is 46.0 Å². The van der Waals surface area contributed by atoms with Gasteiger partial charge in [0.05, 0.1) is 0 Å². The number of phenolic OH excluding ortho intramolecular Hbond substituents is 9. The maximum absolute atomic E-state index is 12.5. The summed E-state index contributed by atoms with van der Waals surface area (Å²) < 4.78 is 0. The fraction of sp³-hybridized carbons (Fsp3) is 0.206. The van der Waals surface area contributed by atoms with E-state index < -0.39 is 5.41 Å². The minimum Gasteiger partial charge on any atom is -0.508 e. The van der Waals surface area contributed by atoms with Gasteiger partial charge in [-0.1, -0.05) is 109 Å². The Kier molecular flexibility index (Phi) is 14.8. The summed E-state index contributed by atoms with van der Waals surface area (Å²) in [6.45, 7) is 13.1. The Balaban J connectivity index is 1.37. The largest absolute Gasteiger partial charge is 0.508 e. The summed E-state index contributed by atoms with van der Waals surface area (Å²) in [5.74, 6) is 1.27. The molecule has 0 aliphatic carbocycles. The summed E-state index contributed by atoms with van der Waals surface area (Å²) in [6.07, 6.45) is 1.82. The molecule has 9 rings (SSSR count). The average Bonchev–Trinajstić information content (AvgIpc) is 3.40. The number of aryl methyl sites for hydroxylation is 6. The molecule has 0 heterocycles. The molecule has 0 radical (unpaired) electrons. The van der Waals surface area contributed by atoms with Crippen LogP contribution in [0.5, 0.6) is 51.7 Å². The van der Waals surface area contributed by atoms with E-state index in [-0.39, 0.29) is 51.7 Å². The number of rotatable bonds is 15. The lowest BCUT2D eigenvalue weighted by atomic mass is 9.68. The van der Waals surface area contributed by atoms with Crippen molar-refractivity contribution in [2.24, 2.45) is 0 Å². The van der Waals surface area contributed by atoms with E-state index in [0.717, 1.165) is 50.1 Å². The standard InChI is InChI=1S/C68H66O9/c1-38-20-44(8-14-59(38)69)26-50-32-56(33-51(65(50)75)27-45-9-15-60(70)39(2)21-45)68(7,57-34-52(28-46-10-16-61(71)40(3)22-46)66(76)53(35-57)29-47-11-17-62(72)41(4)23-47)58-36-54(30-48-12-18-63(73)42(5)24-48)67(77)55(37-58)31-49-13-19-64(74)43(6)25-49/h8-25,32-37,69-77H,26-31H2,1-7H3. The maximum atomic E-state index is 12.5. The number of benzene rings is 9. The molecular formula is C68H66O9. The second kappa shape index (κ2) is 21.4. The summed E-state index contributed by atoms with van der Waals surface area (Å²) in [6, 6.07) is 44.7. The molecule has 0 amide bonds. The summed E-state index contributed by atoms with van der Waals surface area (Å²) in [5, 5.41) is 101. The molecule has 0 unspecified atom stereocenters. The molecule has 9 N–H and O–H groups in total. The van der Waals surface area contributed by atoms with Crippen LogP contribution in [-0.2, 0) is 43.9 Å². The Morgan fingerprint density at radius 1 is 0.247 bits per heavy atom. The van der Waals surface area contributed by atoms with Crippen molar-refractivity contribution in [3.05, 3.63) is 262 Å². The van der Waals surface area contributed by atoms with Crippen molar-refractivity contribution in [3.8, 4) is 51.7 Å². The highest BCUT2D eigenvalue weighted by molar-refractivity contribution is 5.63. The van der Waals surface area contributed by atoms with Gasteiger partial charge in [-0.2, -0.15) is 0 Å². The molecule has 0 aliphatic heterocycles. The van der Waals surface area contributed by atoms with Crippen LogP contribution in [-0.4, -0.2) is 46.0 Å². The molecule has 0 bridgehead atoms. The highest BCUT2D eigenvalue weighted by Gasteiger charge is 2.36. The SMILES string of the molecule is Cc1cc(Cc2cc(C(C)(c3cc(Cc4ccc(O)c(C)c4)c(O)c(Cc4ccc(O)c(C)c4)c3)c3cc(Cc4ccc(O)c(C)c4)c(O)c(Cc4ccc(O)c(C)c4)c3)cc(Cc3ccc(O)c(C)c3)c2O)ccc1O. The van der Waals surface area contributed by atoms with Crippen LogP contribution in [0.2, 0.25) is 0 Å². The van der Waals surface area contributed by atoms with Gasteiger partial charge >= 0.3 is 0 Å². The van der Waals surface area contributed by atoms with Crippen LogP contribution in [0, 0.1) is 41.5 Å². The number of aromatic hydroxyl groups is 9. The normalized spacial score (nSPS) is 11.6. The smallest absolute Gasteiger partial charge is 0.122 e. The zero-order valence-electron chi connectivity index (χ0n) is 44.6. The zero-order valence-corrected chi connectivity index (χ0v) is 44.6. The van der Waals surface area contributed by atoms with Crippen LogP contribution in [0.1, 0.15) is 124 Å². The quantitative estimate of drug-likeness (QED) is 0.0451. The molecule has 77 heavy (non-hydrogen) atoms. The molecule has 0 saturated heterocycles. The lowest BCUT2D eigenvalue weighted by Crippen LogP contribution is -2.27. The molecule has 9 heteroatoms. The van der Waals surface area contributed by atoms with Crippen molar-refractivity contribution in [2.45, 2.75) is 92.4 Å².